The van der Waals surface area contributed by atoms with Gasteiger partial charge in [-0.15, -0.1) is 0 Å². The highest BCUT2D eigenvalue weighted by atomic mass is 16.6. The van der Waals surface area contributed by atoms with E-state index >= 15 is 0 Å². The Labute approximate surface area is 167 Å². The van der Waals surface area contributed by atoms with E-state index in [9.17, 15) is 29.8 Å². The highest BCUT2D eigenvalue weighted by molar-refractivity contribution is 6.12. The predicted octanol–water partition coefficient (Wildman–Crippen LogP) is 3.30. The largest absolute Gasteiger partial charge is 0.422 e. The van der Waals surface area contributed by atoms with Crippen molar-refractivity contribution in [2.45, 2.75) is 0 Å². The Hall–Kier alpha value is -4.60. The molecule has 0 fully saturated rings. The molecule has 2 aliphatic heterocycles. The lowest BCUT2D eigenvalue weighted by atomic mass is 10.1. The molecule has 0 aromatic heterocycles. The first-order chi connectivity index (χ1) is 14.3. The van der Waals surface area contributed by atoms with Crippen LogP contribution in [0.25, 0.3) is 11.5 Å². The van der Waals surface area contributed by atoms with E-state index in [2.05, 4.69) is 0 Å². The first kappa shape index (κ1) is 18.7. The number of carbonyl (C=O) groups is 2. The molecule has 0 N–H and O–H groups in total. The van der Waals surface area contributed by atoms with E-state index in [1.54, 1.807) is 0 Å². The van der Waals surface area contributed by atoms with Gasteiger partial charge in [0.25, 0.3) is 11.4 Å². The topological polar surface area (TPSA) is 139 Å². The summed E-state index contributed by atoms with van der Waals surface area (Å²) in [5.74, 6) is -1.53. The maximum atomic E-state index is 12.3. The number of non-ortho nitro benzene ring substituents is 2. The molecule has 2 aromatic carbocycles. The first-order valence-corrected chi connectivity index (χ1v) is 8.45. The lowest BCUT2D eigenvalue weighted by Gasteiger charge is -2.01. The molecule has 0 spiro atoms. The van der Waals surface area contributed by atoms with Gasteiger partial charge >= 0.3 is 11.9 Å². The Morgan fingerprint density at radius 3 is 1.43 bits per heavy atom. The van der Waals surface area contributed by atoms with E-state index in [-0.39, 0.29) is 34.0 Å². The van der Waals surface area contributed by atoms with E-state index in [0.29, 0.717) is 11.1 Å². The Morgan fingerprint density at radius 2 is 1.07 bits per heavy atom. The Kier molecular flexibility index (Phi) is 4.43. The van der Waals surface area contributed by atoms with Gasteiger partial charge in [0.15, 0.2) is 0 Å². The monoisotopic (exact) mass is 406 g/mol. The van der Waals surface area contributed by atoms with Crippen molar-refractivity contribution in [1.82, 2.24) is 0 Å². The molecule has 148 valence electrons. The summed E-state index contributed by atoms with van der Waals surface area (Å²) in [6, 6.07) is 11.0. The molecular weight excluding hydrogens is 396 g/mol. The lowest BCUT2D eigenvalue weighted by Crippen LogP contribution is -2.05. The van der Waals surface area contributed by atoms with Gasteiger partial charge in [0, 0.05) is 35.4 Å². The van der Waals surface area contributed by atoms with Crippen LogP contribution in [0, 0.1) is 20.2 Å². The van der Waals surface area contributed by atoms with Crippen molar-refractivity contribution < 1.29 is 28.9 Å². The van der Waals surface area contributed by atoms with Crippen molar-refractivity contribution >= 4 is 34.8 Å². The van der Waals surface area contributed by atoms with Gasteiger partial charge in [0.05, 0.1) is 21.0 Å². The third-order valence-corrected chi connectivity index (χ3v) is 4.37. The van der Waals surface area contributed by atoms with Crippen LogP contribution in [0.2, 0.25) is 0 Å². The van der Waals surface area contributed by atoms with Crippen LogP contribution in [-0.2, 0) is 19.1 Å². The molecule has 0 amide bonds. The Bertz CT molecular complexity index is 1140. The number of nitro benzene ring substituents is 2. The SMILES string of the molecule is O=C1OC(c2cccc([N+](=O)[O-])c2)=C/C1=C1/C=C(c2cccc([N+](=O)[O-])c2)OC1=O. The van der Waals surface area contributed by atoms with Crippen molar-refractivity contribution in [3.05, 3.63) is 103 Å². The molecule has 4 rings (SSSR count). The van der Waals surface area contributed by atoms with Crippen LogP contribution < -0.4 is 0 Å². The summed E-state index contributed by atoms with van der Waals surface area (Å²) in [6.07, 6.45) is 2.59. The summed E-state index contributed by atoms with van der Waals surface area (Å²) < 4.78 is 10.3. The summed E-state index contributed by atoms with van der Waals surface area (Å²) in [7, 11) is 0. The number of carbonyl (C=O) groups excluding carboxylic acids is 2. The number of esters is 2. The van der Waals surface area contributed by atoms with Crippen molar-refractivity contribution in [3.8, 4) is 0 Å². The fraction of sp³-hybridized carbons (Fsp3) is 0. The molecule has 0 unspecified atom stereocenters. The fourth-order valence-electron chi connectivity index (χ4n) is 2.95. The predicted molar refractivity (Wildman–Crippen MR) is 101 cm³/mol. The number of nitro groups is 2. The van der Waals surface area contributed by atoms with Gasteiger partial charge in [-0.25, -0.2) is 9.59 Å². The van der Waals surface area contributed by atoms with Crippen molar-refractivity contribution in [2.75, 3.05) is 0 Å². The van der Waals surface area contributed by atoms with Crippen LogP contribution in [0.1, 0.15) is 11.1 Å². The van der Waals surface area contributed by atoms with E-state index in [4.69, 9.17) is 9.47 Å². The molecule has 0 radical (unpaired) electrons. The quantitative estimate of drug-likeness (QED) is 0.326. The molecular formula is C20H10N2O8. The second-order valence-electron chi connectivity index (χ2n) is 6.24. The smallest absolute Gasteiger partial charge is 0.344 e. The summed E-state index contributed by atoms with van der Waals surface area (Å²) in [5, 5.41) is 21.9. The number of nitrogens with zero attached hydrogens (tertiary/aromatic N) is 2. The van der Waals surface area contributed by atoms with E-state index in [1.807, 2.05) is 0 Å². The molecule has 0 bridgehead atoms. The number of cyclic esters (lactones) is 2. The molecule has 2 heterocycles. The zero-order chi connectivity index (χ0) is 21.4. The van der Waals surface area contributed by atoms with Gasteiger partial charge in [-0.3, -0.25) is 20.2 Å². The van der Waals surface area contributed by atoms with Crippen molar-refractivity contribution in [1.29, 1.82) is 0 Å². The number of hydrogen-bond donors (Lipinski definition) is 0. The molecule has 30 heavy (non-hydrogen) atoms. The maximum absolute atomic E-state index is 12.3. The summed E-state index contributed by atoms with van der Waals surface area (Å²) in [4.78, 5) is 45.3. The number of ether oxygens (including phenoxy) is 2. The van der Waals surface area contributed by atoms with Crippen LogP contribution in [0.15, 0.2) is 71.8 Å². The molecule has 10 nitrogen and oxygen atoms in total. The van der Waals surface area contributed by atoms with Gasteiger partial charge in [0.1, 0.15) is 11.5 Å². The van der Waals surface area contributed by atoms with Crippen LogP contribution in [0.4, 0.5) is 11.4 Å². The van der Waals surface area contributed by atoms with Crippen molar-refractivity contribution in [2.24, 2.45) is 0 Å². The highest BCUT2D eigenvalue weighted by Crippen LogP contribution is 2.35. The summed E-state index contributed by atoms with van der Waals surface area (Å²) in [6.45, 7) is 0. The standard InChI is InChI=1S/C20H10N2O8/c23-19-15(9-17(29-19)11-3-1-5-13(7-11)21(25)26)16-10-18(30-20(16)24)12-4-2-6-14(8-12)22(27)28/h1-10H/b16-15+. The van der Waals surface area contributed by atoms with Crippen LogP contribution in [-0.4, -0.2) is 21.8 Å². The molecule has 0 aliphatic carbocycles. The van der Waals surface area contributed by atoms with E-state index < -0.39 is 21.8 Å². The summed E-state index contributed by atoms with van der Waals surface area (Å²) in [5.41, 5.74) is 0.0611. The maximum Gasteiger partial charge on any atom is 0.344 e. The minimum absolute atomic E-state index is 0.0520. The molecule has 2 aromatic rings. The van der Waals surface area contributed by atoms with Crippen LogP contribution in [0.3, 0.4) is 0 Å². The molecule has 0 atom stereocenters. The van der Waals surface area contributed by atoms with Gasteiger partial charge in [-0.05, 0) is 12.2 Å². The Balaban J connectivity index is 1.73. The normalized spacial score (nSPS) is 17.9. The zero-order valence-electron chi connectivity index (χ0n) is 14.9. The molecule has 10 heteroatoms. The van der Waals surface area contributed by atoms with Gasteiger partial charge in [-0.1, -0.05) is 24.3 Å². The molecule has 2 aliphatic rings. The van der Waals surface area contributed by atoms with Gasteiger partial charge < -0.3 is 9.47 Å². The van der Waals surface area contributed by atoms with Crippen LogP contribution in [0.5, 0.6) is 0 Å². The molecule has 0 saturated carbocycles. The first-order valence-electron chi connectivity index (χ1n) is 8.45. The fourth-order valence-corrected chi connectivity index (χ4v) is 2.95. The summed E-state index contributed by atoms with van der Waals surface area (Å²) >= 11 is 0. The number of hydrogen-bond acceptors (Lipinski definition) is 8. The van der Waals surface area contributed by atoms with Gasteiger partial charge in [-0.2, -0.15) is 0 Å². The van der Waals surface area contributed by atoms with Crippen LogP contribution >= 0.6 is 0 Å². The second kappa shape index (κ2) is 7.09. The average molecular weight is 406 g/mol. The number of benzene rings is 2. The Morgan fingerprint density at radius 1 is 0.667 bits per heavy atom. The lowest BCUT2D eigenvalue weighted by molar-refractivity contribution is -0.385. The van der Waals surface area contributed by atoms with E-state index in [0.717, 1.165) is 0 Å². The third-order valence-electron chi connectivity index (χ3n) is 4.37. The third kappa shape index (κ3) is 3.33. The minimum Gasteiger partial charge on any atom is -0.422 e. The van der Waals surface area contributed by atoms with E-state index in [1.165, 1.54) is 60.7 Å². The second-order valence-corrected chi connectivity index (χ2v) is 6.24. The average Bonchev–Trinajstić information content (AvgIpc) is 3.30. The van der Waals surface area contributed by atoms with Crippen molar-refractivity contribution in [3.63, 3.8) is 0 Å². The minimum atomic E-state index is -0.819. The molecule has 0 saturated heterocycles. The number of rotatable bonds is 4. The van der Waals surface area contributed by atoms with Gasteiger partial charge in [0.2, 0.25) is 0 Å². The zero-order valence-corrected chi connectivity index (χ0v) is 14.9. The highest BCUT2D eigenvalue weighted by Gasteiger charge is 2.33.